The second-order valence-corrected chi connectivity index (χ2v) is 7.65. The fourth-order valence-electron chi connectivity index (χ4n) is 3.86. The van der Waals surface area contributed by atoms with Gasteiger partial charge in [-0.25, -0.2) is 4.98 Å². The van der Waals surface area contributed by atoms with Gasteiger partial charge in [0.25, 0.3) is 5.91 Å². The number of aryl methyl sites for hydroxylation is 1. The summed E-state index contributed by atoms with van der Waals surface area (Å²) in [5.74, 6) is 1.31. The number of ether oxygens (including phenoxy) is 1. The summed E-state index contributed by atoms with van der Waals surface area (Å²) in [5, 5.41) is 3.10. The highest BCUT2D eigenvalue weighted by atomic mass is 16.5. The number of hydrogen-bond acceptors (Lipinski definition) is 4. The molecule has 6 nitrogen and oxygen atoms in total. The summed E-state index contributed by atoms with van der Waals surface area (Å²) in [6.07, 6.45) is 0. The van der Waals surface area contributed by atoms with Crippen LogP contribution in [0.3, 0.4) is 0 Å². The molecule has 1 heterocycles. The summed E-state index contributed by atoms with van der Waals surface area (Å²) in [6.45, 7) is 11.8. The first kappa shape index (κ1) is 24.8. The minimum Gasteiger partial charge on any atom is -0.496 e. The van der Waals surface area contributed by atoms with Crippen LogP contribution in [0.4, 0.5) is 11.4 Å². The summed E-state index contributed by atoms with van der Waals surface area (Å²) in [5.41, 5.74) is 5.98. The molecule has 0 saturated carbocycles. The molecule has 4 rings (SSSR count). The lowest BCUT2D eigenvalue weighted by Crippen LogP contribution is -2.24. The van der Waals surface area contributed by atoms with E-state index in [2.05, 4.69) is 29.0 Å². The Bertz CT molecular complexity index is 1240. The molecule has 0 aliphatic heterocycles. The number of methoxy groups -OCH3 is 1. The minimum atomic E-state index is -0.182. The van der Waals surface area contributed by atoms with E-state index in [1.165, 1.54) is 0 Å². The van der Waals surface area contributed by atoms with E-state index in [9.17, 15) is 4.79 Å². The van der Waals surface area contributed by atoms with Crippen molar-refractivity contribution in [3.8, 4) is 17.1 Å². The van der Waals surface area contributed by atoms with Crippen molar-refractivity contribution >= 4 is 28.3 Å². The number of imidazole rings is 1. The number of fused-ring (bicyclic) bond motifs is 1. The monoisotopic (exact) mass is 458 g/mol. The van der Waals surface area contributed by atoms with E-state index in [0.717, 1.165) is 52.4 Å². The summed E-state index contributed by atoms with van der Waals surface area (Å²) in [6, 6.07) is 19.5. The Morgan fingerprint density at radius 3 is 2.38 bits per heavy atom. The molecule has 0 saturated heterocycles. The van der Waals surface area contributed by atoms with Crippen LogP contribution in [0, 0.1) is 6.92 Å². The zero-order valence-electron chi connectivity index (χ0n) is 20.9. The second-order valence-electron chi connectivity index (χ2n) is 7.65. The number of aromatic amines is 1. The third kappa shape index (κ3) is 5.22. The number of rotatable bonds is 7. The maximum absolute atomic E-state index is 13.1. The van der Waals surface area contributed by atoms with Crippen LogP contribution >= 0.6 is 0 Å². The molecule has 0 unspecified atom stereocenters. The van der Waals surface area contributed by atoms with Crippen LogP contribution in [0.15, 0.2) is 60.7 Å². The largest absolute Gasteiger partial charge is 0.496 e. The van der Waals surface area contributed by atoms with E-state index in [4.69, 9.17) is 9.72 Å². The van der Waals surface area contributed by atoms with Gasteiger partial charge >= 0.3 is 0 Å². The van der Waals surface area contributed by atoms with Crippen molar-refractivity contribution in [2.24, 2.45) is 0 Å². The fraction of sp³-hybridized carbons (Fsp3) is 0.286. The van der Waals surface area contributed by atoms with E-state index >= 15 is 0 Å². The molecule has 0 bridgehead atoms. The Labute approximate surface area is 202 Å². The average Bonchev–Trinajstić information content (AvgIpc) is 3.30. The molecule has 0 aliphatic carbocycles. The van der Waals surface area contributed by atoms with Crippen LogP contribution in [0.5, 0.6) is 5.75 Å². The first-order valence-electron chi connectivity index (χ1n) is 11.8. The van der Waals surface area contributed by atoms with E-state index < -0.39 is 0 Å². The van der Waals surface area contributed by atoms with Gasteiger partial charge in [-0.05, 0) is 50.6 Å². The van der Waals surface area contributed by atoms with Gasteiger partial charge in [-0.1, -0.05) is 50.2 Å². The van der Waals surface area contributed by atoms with Gasteiger partial charge in [0.05, 0.1) is 29.5 Å². The number of H-pyrrole nitrogens is 1. The zero-order valence-corrected chi connectivity index (χ0v) is 20.9. The number of nitrogens with one attached hydrogen (secondary N) is 2. The Kier molecular flexibility index (Phi) is 8.30. The van der Waals surface area contributed by atoms with Crippen molar-refractivity contribution in [2.45, 2.75) is 34.6 Å². The van der Waals surface area contributed by atoms with E-state index in [0.29, 0.717) is 11.3 Å². The van der Waals surface area contributed by atoms with Gasteiger partial charge in [-0.15, -0.1) is 0 Å². The molecule has 3 aromatic carbocycles. The summed E-state index contributed by atoms with van der Waals surface area (Å²) >= 11 is 0. The molecule has 0 spiro atoms. The van der Waals surface area contributed by atoms with Gasteiger partial charge < -0.3 is 19.9 Å². The second kappa shape index (κ2) is 11.4. The standard InChI is InChI=1S/C26H28N4O2.C2H6/c1-5-30(6-2)23-16-21-20(27-25(28-21)18-10-8-7-9-11-18)15-22(23)29-26(31)19-13-12-17(3)24(14-19)32-4;1-2/h7-16H,5-6H2,1-4H3,(H,27,28)(H,29,31);1-2H3. The molecule has 0 atom stereocenters. The first-order chi connectivity index (χ1) is 16.5. The Balaban J connectivity index is 0.00000158. The number of hydrogen-bond donors (Lipinski definition) is 2. The summed E-state index contributed by atoms with van der Waals surface area (Å²) in [4.78, 5) is 23.5. The Morgan fingerprint density at radius 1 is 1.03 bits per heavy atom. The summed E-state index contributed by atoms with van der Waals surface area (Å²) < 4.78 is 5.38. The van der Waals surface area contributed by atoms with Crippen LogP contribution in [-0.4, -0.2) is 36.1 Å². The topological polar surface area (TPSA) is 70.2 Å². The number of carbonyl (C=O) groups is 1. The lowest BCUT2D eigenvalue weighted by molar-refractivity contribution is 0.102. The SMILES string of the molecule is CC.CCN(CC)c1cc2nc(-c3ccccc3)[nH]c2cc1NC(=O)c1ccc(C)c(OC)c1. The quantitative estimate of drug-likeness (QED) is 0.324. The van der Waals surface area contributed by atoms with Gasteiger partial charge in [0.1, 0.15) is 11.6 Å². The van der Waals surface area contributed by atoms with Crippen molar-refractivity contribution < 1.29 is 9.53 Å². The molecule has 178 valence electrons. The van der Waals surface area contributed by atoms with E-state index in [1.54, 1.807) is 13.2 Å². The van der Waals surface area contributed by atoms with Gasteiger partial charge in [0.2, 0.25) is 0 Å². The van der Waals surface area contributed by atoms with Crippen molar-refractivity contribution in [1.29, 1.82) is 0 Å². The Hall–Kier alpha value is -3.80. The Morgan fingerprint density at radius 2 is 1.74 bits per heavy atom. The normalized spacial score (nSPS) is 10.4. The van der Waals surface area contributed by atoms with Crippen LogP contribution in [0.25, 0.3) is 22.4 Å². The molecule has 4 aromatic rings. The number of carbonyl (C=O) groups excluding carboxylic acids is 1. The predicted octanol–water partition coefficient (Wildman–Crippen LogP) is 6.67. The van der Waals surface area contributed by atoms with Gasteiger partial charge in [0, 0.05) is 24.2 Å². The predicted molar refractivity (Wildman–Crippen MR) is 142 cm³/mol. The third-order valence-corrected chi connectivity index (χ3v) is 5.67. The molecule has 0 fully saturated rings. The van der Waals surface area contributed by atoms with Gasteiger partial charge in [-0.3, -0.25) is 4.79 Å². The first-order valence-corrected chi connectivity index (χ1v) is 11.8. The van der Waals surface area contributed by atoms with Crippen LogP contribution < -0.4 is 15.0 Å². The minimum absolute atomic E-state index is 0.182. The van der Waals surface area contributed by atoms with Crippen LogP contribution in [0.1, 0.15) is 43.6 Å². The molecular weight excluding hydrogens is 424 g/mol. The number of aromatic nitrogens is 2. The van der Waals surface area contributed by atoms with Crippen molar-refractivity contribution in [2.75, 3.05) is 30.4 Å². The maximum atomic E-state index is 13.1. The molecule has 34 heavy (non-hydrogen) atoms. The zero-order chi connectivity index (χ0) is 24.7. The van der Waals surface area contributed by atoms with E-state index in [-0.39, 0.29) is 5.91 Å². The lowest BCUT2D eigenvalue weighted by Gasteiger charge is -2.24. The lowest BCUT2D eigenvalue weighted by atomic mass is 10.1. The number of anilines is 2. The molecule has 0 aliphatic rings. The molecular formula is C28H34N4O2. The smallest absolute Gasteiger partial charge is 0.255 e. The van der Waals surface area contributed by atoms with Gasteiger partial charge in [0.15, 0.2) is 0 Å². The highest BCUT2D eigenvalue weighted by molar-refractivity contribution is 6.07. The van der Waals surface area contributed by atoms with Crippen molar-refractivity contribution in [3.63, 3.8) is 0 Å². The third-order valence-electron chi connectivity index (χ3n) is 5.67. The molecule has 1 aromatic heterocycles. The molecule has 6 heteroatoms. The van der Waals surface area contributed by atoms with Crippen LogP contribution in [0.2, 0.25) is 0 Å². The highest BCUT2D eigenvalue weighted by Crippen LogP contribution is 2.33. The van der Waals surface area contributed by atoms with E-state index in [1.807, 2.05) is 75.4 Å². The van der Waals surface area contributed by atoms with Gasteiger partial charge in [-0.2, -0.15) is 0 Å². The highest BCUT2D eigenvalue weighted by Gasteiger charge is 2.17. The molecule has 0 radical (unpaired) electrons. The summed E-state index contributed by atoms with van der Waals surface area (Å²) in [7, 11) is 1.61. The van der Waals surface area contributed by atoms with Crippen molar-refractivity contribution in [1.82, 2.24) is 9.97 Å². The molecule has 1 amide bonds. The van der Waals surface area contributed by atoms with Crippen LogP contribution in [-0.2, 0) is 0 Å². The average molecular weight is 459 g/mol. The van der Waals surface area contributed by atoms with Crippen molar-refractivity contribution in [3.05, 3.63) is 71.8 Å². The molecule has 2 N–H and O–H groups in total. The number of benzene rings is 3. The number of amides is 1. The fourth-order valence-corrected chi connectivity index (χ4v) is 3.86. The number of nitrogens with zero attached hydrogens (tertiary/aromatic N) is 2. The maximum Gasteiger partial charge on any atom is 0.255 e.